The molecule has 8 nitrogen and oxygen atoms in total. The van der Waals surface area contributed by atoms with Crippen LogP contribution in [-0.4, -0.2) is 47.1 Å². The maximum Gasteiger partial charge on any atom is 0.274 e. The van der Waals surface area contributed by atoms with Crippen molar-refractivity contribution in [2.75, 3.05) is 20.7 Å². The van der Waals surface area contributed by atoms with Crippen LogP contribution in [0.3, 0.4) is 0 Å². The smallest absolute Gasteiger partial charge is 0.274 e. The third-order valence-electron chi connectivity index (χ3n) is 5.70. The molecule has 2 heterocycles. The van der Waals surface area contributed by atoms with E-state index in [9.17, 15) is 28.3 Å². The van der Waals surface area contributed by atoms with Gasteiger partial charge in [0, 0.05) is 37.8 Å². The van der Waals surface area contributed by atoms with Crippen LogP contribution in [0, 0.1) is 18.6 Å². The molecule has 0 fully saturated rings. The number of hydrogen-bond acceptors (Lipinski definition) is 5. The monoisotopic (exact) mass is 449 g/mol. The summed E-state index contributed by atoms with van der Waals surface area (Å²) in [6.45, 7) is 3.32. The van der Waals surface area contributed by atoms with Gasteiger partial charge in [0.2, 0.25) is 5.43 Å². The summed E-state index contributed by atoms with van der Waals surface area (Å²) in [4.78, 5) is 40.4. The fraction of sp³-hybridized carbons (Fsp3) is 0.409. The molecule has 1 aliphatic rings. The molecule has 10 heteroatoms. The molecule has 1 aliphatic heterocycles. The van der Waals surface area contributed by atoms with E-state index in [1.54, 1.807) is 14.0 Å². The number of carbonyl (C=O) groups is 2. The fourth-order valence-corrected chi connectivity index (χ4v) is 3.75. The van der Waals surface area contributed by atoms with E-state index in [-0.39, 0.29) is 53.3 Å². The quantitative estimate of drug-likeness (QED) is 0.702. The predicted octanol–water partition coefficient (Wildman–Crippen LogP) is 1.90. The van der Waals surface area contributed by atoms with Gasteiger partial charge in [0.25, 0.3) is 11.8 Å². The van der Waals surface area contributed by atoms with Crippen molar-refractivity contribution in [1.29, 1.82) is 0 Å². The summed E-state index contributed by atoms with van der Waals surface area (Å²) in [6.07, 6.45) is -0.938. The fourth-order valence-electron chi connectivity index (χ4n) is 3.75. The number of carbonyl (C=O) groups excluding carboxylic acids is 2. The Labute approximate surface area is 183 Å². The van der Waals surface area contributed by atoms with Crippen molar-refractivity contribution in [1.82, 2.24) is 14.8 Å². The number of aromatic nitrogens is 1. The summed E-state index contributed by atoms with van der Waals surface area (Å²) < 4.78 is 34.4. The van der Waals surface area contributed by atoms with Crippen molar-refractivity contribution in [2.45, 2.75) is 39.5 Å². The summed E-state index contributed by atoms with van der Waals surface area (Å²) in [5.74, 6) is -3.15. The lowest BCUT2D eigenvalue weighted by molar-refractivity contribution is 0.0784. The molecule has 0 saturated carbocycles. The van der Waals surface area contributed by atoms with Gasteiger partial charge in [0.15, 0.2) is 11.4 Å². The van der Waals surface area contributed by atoms with Crippen LogP contribution in [0.4, 0.5) is 8.78 Å². The van der Waals surface area contributed by atoms with E-state index in [1.807, 2.05) is 0 Å². The van der Waals surface area contributed by atoms with Gasteiger partial charge >= 0.3 is 0 Å². The molecule has 1 aromatic carbocycles. The molecule has 0 radical (unpaired) electrons. The van der Waals surface area contributed by atoms with Gasteiger partial charge in [-0.15, -0.1) is 0 Å². The Morgan fingerprint density at radius 2 is 2.03 bits per heavy atom. The SMILES string of the molecule is CCN(C)C(=O)c1c(OC)c(=O)c(C(=O)NCc2ccc(F)c(C)c2F)c2n1CCC2O. The van der Waals surface area contributed by atoms with Gasteiger partial charge in [-0.2, -0.15) is 0 Å². The van der Waals surface area contributed by atoms with Crippen LogP contribution in [0.25, 0.3) is 0 Å². The first-order valence-corrected chi connectivity index (χ1v) is 10.1. The maximum absolute atomic E-state index is 14.3. The minimum Gasteiger partial charge on any atom is -0.491 e. The first-order chi connectivity index (χ1) is 15.1. The normalized spacial score (nSPS) is 14.8. The molecule has 2 aromatic rings. The third kappa shape index (κ3) is 3.86. The molecule has 0 saturated heterocycles. The first kappa shape index (κ1) is 23.4. The minimum atomic E-state index is -1.14. The van der Waals surface area contributed by atoms with E-state index < -0.39 is 35.0 Å². The van der Waals surface area contributed by atoms with Crippen LogP contribution in [0.15, 0.2) is 16.9 Å². The molecular weight excluding hydrogens is 424 g/mol. The highest BCUT2D eigenvalue weighted by molar-refractivity contribution is 6.00. The average molecular weight is 449 g/mol. The predicted molar refractivity (Wildman–Crippen MR) is 112 cm³/mol. The molecule has 2 amide bonds. The zero-order valence-corrected chi connectivity index (χ0v) is 18.3. The van der Waals surface area contributed by atoms with Crippen molar-refractivity contribution in [2.24, 2.45) is 0 Å². The molecule has 172 valence electrons. The lowest BCUT2D eigenvalue weighted by Crippen LogP contribution is -2.36. The van der Waals surface area contributed by atoms with Crippen LogP contribution in [0.5, 0.6) is 5.75 Å². The molecule has 1 unspecified atom stereocenters. The Bertz CT molecular complexity index is 1150. The van der Waals surface area contributed by atoms with Crippen LogP contribution < -0.4 is 15.5 Å². The van der Waals surface area contributed by atoms with Crippen molar-refractivity contribution >= 4 is 11.8 Å². The molecule has 0 aliphatic carbocycles. The lowest BCUT2D eigenvalue weighted by Gasteiger charge is -2.22. The van der Waals surface area contributed by atoms with Crippen LogP contribution >= 0.6 is 0 Å². The lowest BCUT2D eigenvalue weighted by atomic mass is 10.1. The number of hydrogen-bond donors (Lipinski definition) is 2. The minimum absolute atomic E-state index is 0.0110. The molecule has 32 heavy (non-hydrogen) atoms. The topological polar surface area (TPSA) is 101 Å². The van der Waals surface area contributed by atoms with Gasteiger partial charge in [-0.3, -0.25) is 14.4 Å². The van der Waals surface area contributed by atoms with Gasteiger partial charge in [0.05, 0.1) is 18.9 Å². The Kier molecular flexibility index (Phi) is 6.63. The summed E-state index contributed by atoms with van der Waals surface area (Å²) in [5, 5.41) is 12.9. The molecular formula is C22H25F2N3O5. The molecule has 1 atom stereocenters. The van der Waals surface area contributed by atoms with Crippen molar-refractivity contribution in [3.8, 4) is 5.75 Å². The van der Waals surface area contributed by atoms with Gasteiger partial charge in [0.1, 0.15) is 17.2 Å². The zero-order valence-electron chi connectivity index (χ0n) is 18.3. The second-order valence-corrected chi connectivity index (χ2v) is 7.57. The molecule has 3 rings (SSSR count). The van der Waals surface area contributed by atoms with Crippen LogP contribution in [-0.2, 0) is 13.1 Å². The Morgan fingerprint density at radius 3 is 2.66 bits per heavy atom. The number of fused-ring (bicyclic) bond motifs is 1. The third-order valence-corrected chi connectivity index (χ3v) is 5.70. The van der Waals surface area contributed by atoms with E-state index in [0.29, 0.717) is 6.54 Å². The molecule has 0 spiro atoms. The van der Waals surface area contributed by atoms with Crippen LogP contribution in [0.1, 0.15) is 57.1 Å². The number of ether oxygens (including phenoxy) is 1. The average Bonchev–Trinajstić information content (AvgIpc) is 3.15. The number of methoxy groups -OCH3 is 1. The highest BCUT2D eigenvalue weighted by atomic mass is 19.1. The van der Waals surface area contributed by atoms with Gasteiger partial charge in [-0.05, 0) is 26.3 Å². The number of halogens is 2. The number of aliphatic hydroxyl groups is 1. The molecule has 1 aromatic heterocycles. The standard InChI is InChI=1S/C22H25F2N3O5/c1-5-26(3)22(31)18-20(32-4)19(29)15(17-14(28)8-9-27(17)18)21(30)25-10-12-6-7-13(23)11(2)16(12)24/h6-7,14,28H,5,8-10H2,1-4H3,(H,25,30). The van der Waals surface area contributed by atoms with E-state index in [4.69, 9.17) is 4.74 Å². The number of amides is 2. The molecule has 0 bridgehead atoms. The summed E-state index contributed by atoms with van der Waals surface area (Å²) in [7, 11) is 2.78. The van der Waals surface area contributed by atoms with Gasteiger partial charge in [-0.1, -0.05) is 6.07 Å². The highest BCUT2D eigenvalue weighted by Gasteiger charge is 2.36. The first-order valence-electron chi connectivity index (χ1n) is 10.1. The molecule has 2 N–H and O–H groups in total. The Hall–Kier alpha value is -3.27. The van der Waals surface area contributed by atoms with E-state index in [0.717, 1.165) is 6.07 Å². The van der Waals surface area contributed by atoms with E-state index in [2.05, 4.69) is 5.32 Å². The second-order valence-electron chi connectivity index (χ2n) is 7.57. The number of benzene rings is 1. The van der Waals surface area contributed by atoms with Crippen LogP contribution in [0.2, 0.25) is 0 Å². The van der Waals surface area contributed by atoms with E-state index in [1.165, 1.54) is 29.6 Å². The van der Waals surface area contributed by atoms with Crippen molar-refractivity contribution in [3.63, 3.8) is 0 Å². The highest BCUT2D eigenvalue weighted by Crippen LogP contribution is 2.32. The number of nitrogens with one attached hydrogen (secondary N) is 1. The Morgan fingerprint density at radius 1 is 1.34 bits per heavy atom. The Balaban J connectivity index is 2.07. The zero-order chi connectivity index (χ0) is 23.7. The second kappa shape index (κ2) is 9.07. The maximum atomic E-state index is 14.3. The number of rotatable bonds is 6. The summed E-state index contributed by atoms with van der Waals surface area (Å²) in [6, 6.07) is 2.29. The van der Waals surface area contributed by atoms with Crippen molar-refractivity contribution in [3.05, 3.63) is 62.1 Å². The summed E-state index contributed by atoms with van der Waals surface area (Å²) in [5.41, 5.74) is -1.39. The number of nitrogens with zero attached hydrogens (tertiary/aromatic N) is 2. The van der Waals surface area contributed by atoms with E-state index >= 15 is 0 Å². The summed E-state index contributed by atoms with van der Waals surface area (Å²) >= 11 is 0. The van der Waals surface area contributed by atoms with Crippen molar-refractivity contribution < 1.29 is 28.2 Å². The largest absolute Gasteiger partial charge is 0.491 e. The van der Waals surface area contributed by atoms with Gasteiger partial charge in [-0.25, -0.2) is 8.78 Å². The number of pyridine rings is 1. The van der Waals surface area contributed by atoms with Gasteiger partial charge < -0.3 is 24.6 Å². The number of aliphatic hydroxyl groups excluding tert-OH is 1.